The minimum absolute atomic E-state index is 0.286. The van der Waals surface area contributed by atoms with Gasteiger partial charge in [0.05, 0.1) is 12.2 Å². The first-order chi connectivity index (χ1) is 13.7. The van der Waals surface area contributed by atoms with Crippen LogP contribution in [0.3, 0.4) is 0 Å². The summed E-state index contributed by atoms with van der Waals surface area (Å²) in [5.74, 6) is -0.187. The Morgan fingerprint density at radius 3 is 2.14 bits per heavy atom. The Morgan fingerprint density at radius 2 is 1.46 bits per heavy atom. The van der Waals surface area contributed by atoms with E-state index in [9.17, 15) is 9.18 Å². The Balaban J connectivity index is 1.80. The third kappa shape index (κ3) is 3.86. The van der Waals surface area contributed by atoms with Crippen molar-refractivity contribution in [3.8, 4) is 11.3 Å². The van der Waals surface area contributed by atoms with Crippen LogP contribution in [0.5, 0.6) is 0 Å². The topological polar surface area (TPSA) is 35.1 Å². The maximum absolute atomic E-state index is 13.2. The largest absolute Gasteiger partial charge is 0.420 e. The van der Waals surface area contributed by atoms with Crippen molar-refractivity contribution in [1.82, 2.24) is 4.57 Å². The van der Waals surface area contributed by atoms with Crippen molar-refractivity contribution in [2.75, 3.05) is 0 Å². The molecule has 4 rings (SSSR count). The first-order valence-corrected chi connectivity index (χ1v) is 8.97. The zero-order valence-corrected chi connectivity index (χ0v) is 15.1. The Labute approximate surface area is 162 Å². The monoisotopic (exact) mass is 371 g/mol. The van der Waals surface area contributed by atoms with Crippen LogP contribution in [-0.2, 0) is 6.54 Å². The molecule has 0 bridgehead atoms. The second-order valence-electron chi connectivity index (χ2n) is 6.40. The summed E-state index contributed by atoms with van der Waals surface area (Å²) < 4.78 is 20.4. The van der Waals surface area contributed by atoms with Crippen molar-refractivity contribution in [3.63, 3.8) is 0 Å². The van der Waals surface area contributed by atoms with Gasteiger partial charge < -0.3 is 4.42 Å². The number of hydrogen-bond acceptors (Lipinski definition) is 2. The number of halogens is 1. The van der Waals surface area contributed by atoms with Crippen LogP contribution >= 0.6 is 0 Å². The van der Waals surface area contributed by atoms with E-state index < -0.39 is 5.76 Å². The highest BCUT2D eigenvalue weighted by Crippen LogP contribution is 2.25. The molecule has 4 heteroatoms. The molecule has 0 atom stereocenters. The Kier molecular flexibility index (Phi) is 5.02. The lowest BCUT2D eigenvalue weighted by molar-refractivity contribution is 0.497. The fourth-order valence-electron chi connectivity index (χ4n) is 3.04. The van der Waals surface area contributed by atoms with Crippen LogP contribution in [0.15, 0.2) is 94.1 Å². The van der Waals surface area contributed by atoms with Crippen molar-refractivity contribution >= 4 is 12.2 Å². The van der Waals surface area contributed by atoms with E-state index in [0.29, 0.717) is 18.0 Å². The molecule has 28 heavy (non-hydrogen) atoms. The average Bonchev–Trinajstić information content (AvgIpc) is 3.04. The van der Waals surface area contributed by atoms with Gasteiger partial charge in [-0.25, -0.2) is 9.18 Å². The lowest BCUT2D eigenvalue weighted by Crippen LogP contribution is -2.16. The lowest BCUT2D eigenvalue weighted by Gasteiger charge is -2.05. The lowest BCUT2D eigenvalue weighted by atomic mass is 10.1. The normalized spacial score (nSPS) is 11.2. The zero-order valence-electron chi connectivity index (χ0n) is 15.1. The van der Waals surface area contributed by atoms with Crippen LogP contribution in [0.1, 0.15) is 16.8 Å². The number of benzene rings is 3. The summed E-state index contributed by atoms with van der Waals surface area (Å²) in [6.07, 6.45) is 3.68. The maximum Gasteiger partial charge on any atom is 0.420 e. The highest BCUT2D eigenvalue weighted by Gasteiger charge is 2.16. The number of aromatic nitrogens is 1. The van der Waals surface area contributed by atoms with Gasteiger partial charge in [-0.15, -0.1) is 0 Å². The van der Waals surface area contributed by atoms with Gasteiger partial charge >= 0.3 is 5.76 Å². The van der Waals surface area contributed by atoms with E-state index >= 15 is 0 Å². The van der Waals surface area contributed by atoms with Crippen LogP contribution in [-0.4, -0.2) is 4.57 Å². The molecule has 0 saturated heterocycles. The number of hydrogen-bond donors (Lipinski definition) is 0. The van der Waals surface area contributed by atoms with E-state index in [1.807, 2.05) is 72.8 Å². The molecule has 1 heterocycles. The summed E-state index contributed by atoms with van der Waals surface area (Å²) in [6, 6.07) is 25.5. The highest BCUT2D eigenvalue weighted by atomic mass is 19.1. The van der Waals surface area contributed by atoms with Gasteiger partial charge in [0.15, 0.2) is 5.76 Å². The second kappa shape index (κ2) is 7.92. The highest BCUT2D eigenvalue weighted by molar-refractivity contribution is 5.76. The van der Waals surface area contributed by atoms with E-state index in [-0.39, 0.29) is 5.82 Å². The minimum Gasteiger partial charge on any atom is -0.407 e. The summed E-state index contributed by atoms with van der Waals surface area (Å²) in [6.45, 7) is 0.402. The van der Waals surface area contributed by atoms with Crippen molar-refractivity contribution in [3.05, 3.63) is 118 Å². The van der Waals surface area contributed by atoms with E-state index in [4.69, 9.17) is 4.42 Å². The first kappa shape index (κ1) is 17.7. The summed E-state index contributed by atoms with van der Waals surface area (Å²) >= 11 is 0. The fourth-order valence-corrected chi connectivity index (χ4v) is 3.04. The van der Waals surface area contributed by atoms with Gasteiger partial charge in [-0.3, -0.25) is 4.57 Å². The molecule has 0 fully saturated rings. The standard InChI is InChI=1S/C24H18FNO2/c25-21-14-11-18(12-15-21)13-16-22-23(20-9-5-2-6-10-20)28-24(27)26(22)17-19-7-3-1-4-8-19/h1-16H,17H2/b16-13+. The summed E-state index contributed by atoms with van der Waals surface area (Å²) in [5.41, 5.74) is 3.33. The molecule has 0 saturated carbocycles. The molecule has 4 aromatic rings. The zero-order chi connectivity index (χ0) is 19.3. The molecule has 0 radical (unpaired) electrons. The number of nitrogens with zero attached hydrogens (tertiary/aromatic N) is 1. The van der Waals surface area contributed by atoms with Gasteiger partial charge in [0.1, 0.15) is 5.82 Å². The molecule has 0 N–H and O–H groups in total. The molecule has 1 aromatic heterocycles. The van der Waals surface area contributed by atoms with Gasteiger partial charge in [-0.2, -0.15) is 0 Å². The second-order valence-corrected chi connectivity index (χ2v) is 6.40. The molecule has 3 nitrogen and oxygen atoms in total. The molecule has 0 unspecified atom stereocenters. The summed E-state index contributed by atoms with van der Waals surface area (Å²) in [7, 11) is 0. The van der Waals surface area contributed by atoms with Crippen LogP contribution in [0.4, 0.5) is 4.39 Å². The van der Waals surface area contributed by atoms with Gasteiger partial charge in [-0.1, -0.05) is 78.9 Å². The molecule has 0 aliphatic carbocycles. The SMILES string of the molecule is O=c1oc(-c2ccccc2)c(/C=C/c2ccc(F)cc2)n1Cc1ccccc1. The van der Waals surface area contributed by atoms with Crippen LogP contribution in [0, 0.1) is 5.82 Å². The quantitative estimate of drug-likeness (QED) is 0.466. The van der Waals surface area contributed by atoms with Crippen LogP contribution in [0.2, 0.25) is 0 Å². The summed E-state index contributed by atoms with van der Waals surface area (Å²) in [5, 5.41) is 0. The van der Waals surface area contributed by atoms with E-state index in [1.54, 1.807) is 16.7 Å². The Hall–Kier alpha value is -3.66. The fraction of sp³-hybridized carbons (Fsp3) is 0.0417. The molecular weight excluding hydrogens is 353 g/mol. The van der Waals surface area contributed by atoms with E-state index in [1.165, 1.54) is 12.1 Å². The molecule has 3 aromatic carbocycles. The van der Waals surface area contributed by atoms with E-state index in [2.05, 4.69) is 0 Å². The van der Waals surface area contributed by atoms with Crippen LogP contribution < -0.4 is 5.76 Å². The molecule has 0 aliphatic heterocycles. The average molecular weight is 371 g/mol. The number of oxazole rings is 1. The Bertz CT molecular complexity index is 1140. The maximum atomic E-state index is 13.2. The molecule has 138 valence electrons. The first-order valence-electron chi connectivity index (χ1n) is 8.97. The van der Waals surface area contributed by atoms with Gasteiger partial charge in [0.2, 0.25) is 0 Å². The third-order valence-corrected chi connectivity index (χ3v) is 4.46. The Morgan fingerprint density at radius 1 is 0.821 bits per heavy atom. The van der Waals surface area contributed by atoms with Gasteiger partial charge in [0.25, 0.3) is 0 Å². The summed E-state index contributed by atoms with van der Waals surface area (Å²) in [4.78, 5) is 12.6. The van der Waals surface area contributed by atoms with E-state index in [0.717, 1.165) is 16.7 Å². The van der Waals surface area contributed by atoms with Gasteiger partial charge in [0, 0.05) is 5.56 Å². The molecule has 0 spiro atoms. The molecule has 0 amide bonds. The van der Waals surface area contributed by atoms with Crippen LogP contribution in [0.25, 0.3) is 23.5 Å². The number of rotatable bonds is 5. The smallest absolute Gasteiger partial charge is 0.407 e. The predicted molar refractivity (Wildman–Crippen MR) is 109 cm³/mol. The van der Waals surface area contributed by atoms with Gasteiger partial charge in [-0.05, 0) is 29.3 Å². The van der Waals surface area contributed by atoms with Crippen molar-refractivity contribution in [2.45, 2.75) is 6.54 Å². The van der Waals surface area contributed by atoms with Crippen molar-refractivity contribution in [2.24, 2.45) is 0 Å². The molecular formula is C24H18FNO2. The van der Waals surface area contributed by atoms with Crippen molar-refractivity contribution in [1.29, 1.82) is 0 Å². The third-order valence-electron chi connectivity index (χ3n) is 4.46. The molecule has 0 aliphatic rings. The van der Waals surface area contributed by atoms with Crippen molar-refractivity contribution < 1.29 is 8.81 Å². The predicted octanol–water partition coefficient (Wildman–Crippen LogP) is 5.47. The minimum atomic E-state index is -0.415.